The van der Waals surface area contributed by atoms with Crippen LogP contribution in [0.3, 0.4) is 0 Å². The third kappa shape index (κ3) is 1.83. The summed E-state index contributed by atoms with van der Waals surface area (Å²) in [5, 5.41) is 9.54. The fraction of sp³-hybridized carbons (Fsp3) is 0.500. The molecule has 0 aromatic heterocycles. The quantitative estimate of drug-likeness (QED) is 0.498. The topological polar surface area (TPSA) is 37.3 Å². The second kappa shape index (κ2) is 3.68. The van der Waals surface area contributed by atoms with Crippen molar-refractivity contribution in [1.82, 2.24) is 0 Å². The van der Waals surface area contributed by atoms with Crippen molar-refractivity contribution in [2.24, 2.45) is 5.92 Å². The fourth-order valence-electron chi connectivity index (χ4n) is 1.55. The molecule has 2 heteroatoms. The molecule has 2 unspecified atom stereocenters. The van der Waals surface area contributed by atoms with Crippen LogP contribution in [0.25, 0.3) is 0 Å². The summed E-state index contributed by atoms with van der Waals surface area (Å²) in [5.41, 5.74) is 1.70. The normalized spacial score (nSPS) is 29.3. The summed E-state index contributed by atoms with van der Waals surface area (Å²) in [6.07, 6.45) is 3.53. The van der Waals surface area contributed by atoms with Crippen molar-refractivity contribution < 1.29 is 9.90 Å². The Labute approximate surface area is 72.6 Å². The van der Waals surface area contributed by atoms with Crippen LogP contribution in [0.4, 0.5) is 0 Å². The van der Waals surface area contributed by atoms with Gasteiger partial charge in [-0.2, -0.15) is 0 Å². The number of aldehydes is 1. The van der Waals surface area contributed by atoms with Crippen molar-refractivity contribution >= 4 is 6.29 Å². The molecular formula is C10H14O2. The Bertz CT molecular complexity index is 228. The molecule has 2 nitrogen and oxygen atoms in total. The van der Waals surface area contributed by atoms with E-state index in [0.29, 0.717) is 5.57 Å². The van der Waals surface area contributed by atoms with Crippen LogP contribution in [0.1, 0.15) is 19.8 Å². The molecule has 12 heavy (non-hydrogen) atoms. The summed E-state index contributed by atoms with van der Waals surface area (Å²) in [6.45, 7) is 5.71. The van der Waals surface area contributed by atoms with Gasteiger partial charge < -0.3 is 5.11 Å². The van der Waals surface area contributed by atoms with Gasteiger partial charge in [-0.3, -0.25) is 4.79 Å². The smallest absolute Gasteiger partial charge is 0.145 e. The van der Waals surface area contributed by atoms with Gasteiger partial charge in [-0.25, -0.2) is 0 Å². The maximum atomic E-state index is 10.4. The van der Waals surface area contributed by atoms with Gasteiger partial charge in [-0.05, 0) is 31.4 Å². The molecule has 1 N–H and O–H groups in total. The van der Waals surface area contributed by atoms with E-state index in [4.69, 9.17) is 0 Å². The summed E-state index contributed by atoms with van der Waals surface area (Å²) in [7, 11) is 0. The molecule has 0 amide bonds. The SMILES string of the molecule is C=C(C)C1CCC(C=O)=CC1O. The Hall–Kier alpha value is -0.890. The highest BCUT2D eigenvalue weighted by atomic mass is 16.3. The molecule has 1 aliphatic rings. The standard InChI is InChI=1S/C10H14O2/c1-7(2)9-4-3-8(6-11)5-10(9)12/h5-6,9-10,12H,1,3-4H2,2H3. The van der Waals surface area contributed by atoms with E-state index in [0.717, 1.165) is 24.7 Å². The lowest BCUT2D eigenvalue weighted by atomic mass is 9.84. The predicted octanol–water partition coefficient (Wildman–Crippen LogP) is 1.46. The minimum atomic E-state index is -0.517. The van der Waals surface area contributed by atoms with Gasteiger partial charge in [-0.15, -0.1) is 0 Å². The van der Waals surface area contributed by atoms with Crippen molar-refractivity contribution in [3.8, 4) is 0 Å². The van der Waals surface area contributed by atoms with E-state index in [2.05, 4.69) is 6.58 Å². The molecule has 0 radical (unpaired) electrons. The Morgan fingerprint density at radius 2 is 2.50 bits per heavy atom. The van der Waals surface area contributed by atoms with Gasteiger partial charge in [0.1, 0.15) is 6.29 Å². The molecule has 0 fully saturated rings. The van der Waals surface area contributed by atoms with Crippen LogP contribution < -0.4 is 0 Å². The number of hydrogen-bond donors (Lipinski definition) is 1. The van der Waals surface area contributed by atoms with Gasteiger partial charge >= 0.3 is 0 Å². The molecule has 1 aliphatic carbocycles. The van der Waals surface area contributed by atoms with Crippen LogP contribution in [-0.4, -0.2) is 17.5 Å². The first kappa shape index (κ1) is 9.20. The maximum absolute atomic E-state index is 10.4. The summed E-state index contributed by atoms with van der Waals surface area (Å²) < 4.78 is 0. The highest BCUT2D eigenvalue weighted by molar-refractivity contribution is 5.73. The molecule has 0 aromatic carbocycles. The van der Waals surface area contributed by atoms with Crippen LogP contribution in [0.2, 0.25) is 0 Å². The molecule has 0 bridgehead atoms. The first-order valence-corrected chi connectivity index (χ1v) is 4.14. The average molecular weight is 166 g/mol. The van der Waals surface area contributed by atoms with Gasteiger partial charge in [0.05, 0.1) is 6.10 Å². The summed E-state index contributed by atoms with van der Waals surface area (Å²) in [4.78, 5) is 10.4. The molecule has 0 spiro atoms. The lowest BCUT2D eigenvalue weighted by molar-refractivity contribution is -0.105. The largest absolute Gasteiger partial charge is 0.388 e. The monoisotopic (exact) mass is 166 g/mol. The van der Waals surface area contributed by atoms with Crippen LogP contribution in [0.5, 0.6) is 0 Å². The zero-order valence-electron chi connectivity index (χ0n) is 7.29. The molecule has 0 aliphatic heterocycles. The first-order chi connectivity index (χ1) is 5.65. The highest BCUT2D eigenvalue weighted by Crippen LogP contribution is 2.27. The molecule has 0 saturated heterocycles. The number of aliphatic hydroxyl groups excluding tert-OH is 1. The molecule has 66 valence electrons. The third-order valence-electron chi connectivity index (χ3n) is 2.33. The first-order valence-electron chi connectivity index (χ1n) is 4.14. The zero-order valence-corrected chi connectivity index (χ0v) is 7.29. The fourth-order valence-corrected chi connectivity index (χ4v) is 1.55. The molecular weight excluding hydrogens is 152 g/mol. The minimum absolute atomic E-state index is 0.133. The number of aliphatic hydroxyl groups is 1. The van der Waals surface area contributed by atoms with Crippen molar-refractivity contribution in [1.29, 1.82) is 0 Å². The Balaban J connectivity index is 2.72. The van der Waals surface area contributed by atoms with Crippen molar-refractivity contribution in [3.63, 3.8) is 0 Å². The van der Waals surface area contributed by atoms with Gasteiger partial charge in [0.25, 0.3) is 0 Å². The molecule has 2 atom stereocenters. The van der Waals surface area contributed by atoms with E-state index >= 15 is 0 Å². The minimum Gasteiger partial charge on any atom is -0.388 e. The van der Waals surface area contributed by atoms with E-state index < -0.39 is 6.10 Å². The Kier molecular flexibility index (Phi) is 2.82. The molecule has 0 heterocycles. The number of rotatable bonds is 2. The lowest BCUT2D eigenvalue weighted by Crippen LogP contribution is -2.23. The number of carbonyl (C=O) groups excluding carboxylic acids is 1. The number of carbonyl (C=O) groups is 1. The summed E-state index contributed by atoms with van der Waals surface area (Å²) >= 11 is 0. The van der Waals surface area contributed by atoms with E-state index in [-0.39, 0.29) is 5.92 Å². The van der Waals surface area contributed by atoms with E-state index in [1.54, 1.807) is 6.08 Å². The lowest BCUT2D eigenvalue weighted by Gasteiger charge is -2.25. The van der Waals surface area contributed by atoms with Crippen LogP contribution in [0, 0.1) is 5.92 Å². The molecule has 1 rings (SSSR count). The predicted molar refractivity (Wildman–Crippen MR) is 47.7 cm³/mol. The van der Waals surface area contributed by atoms with E-state index in [9.17, 15) is 9.90 Å². The summed E-state index contributed by atoms with van der Waals surface area (Å²) in [6, 6.07) is 0. The zero-order chi connectivity index (χ0) is 9.14. The molecule has 0 saturated carbocycles. The maximum Gasteiger partial charge on any atom is 0.145 e. The van der Waals surface area contributed by atoms with Crippen LogP contribution in [-0.2, 0) is 4.79 Å². The molecule has 0 aromatic rings. The Morgan fingerprint density at radius 1 is 1.83 bits per heavy atom. The van der Waals surface area contributed by atoms with Gasteiger partial charge in [-0.1, -0.05) is 12.2 Å². The van der Waals surface area contributed by atoms with Gasteiger partial charge in [0, 0.05) is 5.92 Å². The second-order valence-corrected chi connectivity index (χ2v) is 3.34. The van der Waals surface area contributed by atoms with E-state index in [1.807, 2.05) is 6.92 Å². The second-order valence-electron chi connectivity index (χ2n) is 3.34. The van der Waals surface area contributed by atoms with Gasteiger partial charge in [0.2, 0.25) is 0 Å². The van der Waals surface area contributed by atoms with Crippen molar-refractivity contribution in [3.05, 3.63) is 23.8 Å². The third-order valence-corrected chi connectivity index (χ3v) is 2.33. The number of hydrogen-bond acceptors (Lipinski definition) is 2. The number of allylic oxidation sites excluding steroid dienone is 1. The van der Waals surface area contributed by atoms with E-state index in [1.165, 1.54) is 0 Å². The van der Waals surface area contributed by atoms with Crippen LogP contribution >= 0.6 is 0 Å². The Morgan fingerprint density at radius 3 is 2.92 bits per heavy atom. The van der Waals surface area contributed by atoms with Gasteiger partial charge in [0.15, 0.2) is 0 Å². The van der Waals surface area contributed by atoms with Crippen molar-refractivity contribution in [2.45, 2.75) is 25.9 Å². The summed E-state index contributed by atoms with van der Waals surface area (Å²) in [5.74, 6) is 0.133. The average Bonchev–Trinajstić information content (AvgIpc) is 2.03. The highest BCUT2D eigenvalue weighted by Gasteiger charge is 2.22. The van der Waals surface area contributed by atoms with Crippen molar-refractivity contribution in [2.75, 3.05) is 0 Å². The van der Waals surface area contributed by atoms with Crippen LogP contribution in [0.15, 0.2) is 23.8 Å².